The molecule has 1 amide bonds. The van der Waals surface area contributed by atoms with E-state index >= 15 is 0 Å². The SMILES string of the molecule is CCCC(CC)NC(=O)C(N)CC. The van der Waals surface area contributed by atoms with E-state index in [9.17, 15) is 4.79 Å². The lowest BCUT2D eigenvalue weighted by atomic mass is 10.1. The normalized spacial score (nSPS) is 15.1. The van der Waals surface area contributed by atoms with E-state index in [4.69, 9.17) is 5.73 Å². The molecule has 0 aliphatic carbocycles. The molecule has 0 aromatic heterocycles. The van der Waals surface area contributed by atoms with Crippen LogP contribution in [0, 0.1) is 0 Å². The highest BCUT2D eigenvalue weighted by Crippen LogP contribution is 2.01. The molecule has 0 rings (SSSR count). The van der Waals surface area contributed by atoms with Gasteiger partial charge in [0.2, 0.25) is 5.91 Å². The maximum atomic E-state index is 11.4. The van der Waals surface area contributed by atoms with E-state index in [2.05, 4.69) is 19.2 Å². The number of rotatable bonds is 6. The van der Waals surface area contributed by atoms with Gasteiger partial charge in [0.25, 0.3) is 0 Å². The minimum atomic E-state index is -0.342. The summed E-state index contributed by atoms with van der Waals surface area (Å²) in [6.45, 7) is 6.12. The second-order valence-corrected chi connectivity index (χ2v) is 3.42. The molecule has 0 aliphatic rings. The van der Waals surface area contributed by atoms with Crippen LogP contribution in [-0.4, -0.2) is 18.0 Å². The molecule has 2 unspecified atom stereocenters. The number of hydrogen-bond donors (Lipinski definition) is 2. The van der Waals surface area contributed by atoms with Crippen molar-refractivity contribution in [3.8, 4) is 0 Å². The van der Waals surface area contributed by atoms with Gasteiger partial charge in [-0.3, -0.25) is 4.79 Å². The fourth-order valence-corrected chi connectivity index (χ4v) is 1.22. The highest BCUT2D eigenvalue weighted by Gasteiger charge is 2.14. The Kier molecular flexibility index (Phi) is 6.59. The van der Waals surface area contributed by atoms with Crippen molar-refractivity contribution in [1.29, 1.82) is 0 Å². The monoisotopic (exact) mass is 186 g/mol. The zero-order valence-electron chi connectivity index (χ0n) is 8.97. The number of hydrogen-bond acceptors (Lipinski definition) is 2. The topological polar surface area (TPSA) is 55.1 Å². The quantitative estimate of drug-likeness (QED) is 0.659. The Morgan fingerprint density at radius 3 is 2.31 bits per heavy atom. The molecule has 0 fully saturated rings. The molecule has 0 bridgehead atoms. The fraction of sp³-hybridized carbons (Fsp3) is 0.900. The van der Waals surface area contributed by atoms with Crippen LogP contribution in [0.25, 0.3) is 0 Å². The van der Waals surface area contributed by atoms with E-state index < -0.39 is 0 Å². The van der Waals surface area contributed by atoms with Crippen molar-refractivity contribution in [2.45, 2.75) is 58.5 Å². The maximum absolute atomic E-state index is 11.4. The molecule has 0 heterocycles. The number of nitrogens with two attached hydrogens (primary N) is 1. The first kappa shape index (κ1) is 12.4. The molecule has 78 valence electrons. The molecule has 3 N–H and O–H groups in total. The van der Waals surface area contributed by atoms with E-state index in [1.54, 1.807) is 0 Å². The van der Waals surface area contributed by atoms with Gasteiger partial charge in [0.1, 0.15) is 0 Å². The molecule has 0 aromatic carbocycles. The van der Waals surface area contributed by atoms with Crippen molar-refractivity contribution in [2.75, 3.05) is 0 Å². The van der Waals surface area contributed by atoms with Gasteiger partial charge < -0.3 is 11.1 Å². The summed E-state index contributed by atoms with van der Waals surface area (Å²) >= 11 is 0. The molecule has 3 nitrogen and oxygen atoms in total. The van der Waals surface area contributed by atoms with Gasteiger partial charge in [-0.1, -0.05) is 27.2 Å². The zero-order valence-corrected chi connectivity index (χ0v) is 8.97. The van der Waals surface area contributed by atoms with Crippen LogP contribution in [0.5, 0.6) is 0 Å². The summed E-state index contributed by atoms with van der Waals surface area (Å²) in [5.74, 6) is -0.0113. The molecular formula is C10H22N2O. The van der Waals surface area contributed by atoms with Crippen LogP contribution >= 0.6 is 0 Å². The fourth-order valence-electron chi connectivity index (χ4n) is 1.22. The highest BCUT2D eigenvalue weighted by molar-refractivity contribution is 5.81. The predicted octanol–water partition coefficient (Wildman–Crippen LogP) is 1.42. The van der Waals surface area contributed by atoms with Crippen LogP contribution < -0.4 is 11.1 Å². The molecule has 0 aliphatic heterocycles. The smallest absolute Gasteiger partial charge is 0.237 e. The summed E-state index contributed by atoms with van der Waals surface area (Å²) < 4.78 is 0. The molecular weight excluding hydrogens is 164 g/mol. The Balaban J connectivity index is 3.85. The van der Waals surface area contributed by atoms with Crippen molar-refractivity contribution < 1.29 is 4.79 Å². The molecule has 0 spiro atoms. The van der Waals surface area contributed by atoms with E-state index in [-0.39, 0.29) is 11.9 Å². The van der Waals surface area contributed by atoms with E-state index in [1.165, 1.54) is 0 Å². The van der Waals surface area contributed by atoms with Crippen LogP contribution in [0.3, 0.4) is 0 Å². The van der Waals surface area contributed by atoms with E-state index in [0.29, 0.717) is 12.5 Å². The van der Waals surface area contributed by atoms with Crippen LogP contribution in [0.15, 0.2) is 0 Å². The van der Waals surface area contributed by atoms with Gasteiger partial charge in [-0.05, 0) is 19.3 Å². The minimum Gasteiger partial charge on any atom is -0.352 e. The van der Waals surface area contributed by atoms with Crippen molar-refractivity contribution in [2.24, 2.45) is 5.73 Å². The van der Waals surface area contributed by atoms with Crippen LogP contribution in [0.4, 0.5) is 0 Å². The lowest BCUT2D eigenvalue weighted by Gasteiger charge is -2.18. The lowest BCUT2D eigenvalue weighted by Crippen LogP contribution is -2.44. The van der Waals surface area contributed by atoms with Gasteiger partial charge >= 0.3 is 0 Å². The Morgan fingerprint density at radius 2 is 1.92 bits per heavy atom. The number of carbonyl (C=O) groups excluding carboxylic acids is 1. The van der Waals surface area contributed by atoms with Crippen molar-refractivity contribution in [3.63, 3.8) is 0 Å². The van der Waals surface area contributed by atoms with Crippen molar-refractivity contribution >= 4 is 5.91 Å². The molecule has 0 radical (unpaired) electrons. The third-order valence-electron chi connectivity index (χ3n) is 2.25. The van der Waals surface area contributed by atoms with Crippen molar-refractivity contribution in [3.05, 3.63) is 0 Å². The van der Waals surface area contributed by atoms with Gasteiger partial charge in [-0.25, -0.2) is 0 Å². The predicted molar refractivity (Wildman–Crippen MR) is 55.4 cm³/mol. The Bertz CT molecular complexity index is 148. The van der Waals surface area contributed by atoms with Gasteiger partial charge in [-0.2, -0.15) is 0 Å². The summed E-state index contributed by atoms with van der Waals surface area (Å²) in [7, 11) is 0. The standard InChI is InChI=1S/C10H22N2O/c1-4-7-8(5-2)12-10(13)9(11)6-3/h8-9H,4-7,11H2,1-3H3,(H,12,13). The zero-order chi connectivity index (χ0) is 10.3. The van der Waals surface area contributed by atoms with Gasteiger partial charge in [0, 0.05) is 6.04 Å². The second kappa shape index (κ2) is 6.89. The first-order valence-corrected chi connectivity index (χ1v) is 5.21. The third kappa shape index (κ3) is 4.88. The lowest BCUT2D eigenvalue weighted by molar-refractivity contribution is -0.123. The number of carbonyl (C=O) groups is 1. The summed E-state index contributed by atoms with van der Waals surface area (Å²) in [6.07, 6.45) is 3.82. The largest absolute Gasteiger partial charge is 0.352 e. The first-order chi connectivity index (χ1) is 6.15. The molecule has 0 saturated carbocycles. The second-order valence-electron chi connectivity index (χ2n) is 3.42. The third-order valence-corrected chi connectivity index (χ3v) is 2.25. The molecule has 2 atom stereocenters. The number of nitrogens with one attached hydrogen (secondary N) is 1. The van der Waals surface area contributed by atoms with Crippen molar-refractivity contribution in [1.82, 2.24) is 5.32 Å². The maximum Gasteiger partial charge on any atom is 0.237 e. The highest BCUT2D eigenvalue weighted by atomic mass is 16.2. The Morgan fingerprint density at radius 1 is 1.31 bits per heavy atom. The summed E-state index contributed by atoms with van der Waals surface area (Å²) in [5, 5.41) is 2.95. The Labute approximate surface area is 81.1 Å². The van der Waals surface area contributed by atoms with Crippen LogP contribution in [-0.2, 0) is 4.79 Å². The van der Waals surface area contributed by atoms with Gasteiger partial charge in [0.15, 0.2) is 0 Å². The molecule has 13 heavy (non-hydrogen) atoms. The van der Waals surface area contributed by atoms with Crippen LogP contribution in [0.1, 0.15) is 46.5 Å². The number of amides is 1. The summed E-state index contributed by atoms with van der Waals surface area (Å²) in [4.78, 5) is 11.4. The van der Waals surface area contributed by atoms with E-state index in [1.807, 2.05) is 6.92 Å². The first-order valence-electron chi connectivity index (χ1n) is 5.21. The summed E-state index contributed by atoms with van der Waals surface area (Å²) in [6, 6.07) is -0.0407. The van der Waals surface area contributed by atoms with Crippen LogP contribution in [0.2, 0.25) is 0 Å². The van der Waals surface area contributed by atoms with Gasteiger partial charge in [-0.15, -0.1) is 0 Å². The van der Waals surface area contributed by atoms with E-state index in [0.717, 1.165) is 19.3 Å². The summed E-state index contributed by atoms with van der Waals surface area (Å²) in [5.41, 5.74) is 5.60. The molecule has 3 heteroatoms. The average molecular weight is 186 g/mol. The minimum absolute atomic E-state index is 0.0113. The molecule has 0 aromatic rings. The van der Waals surface area contributed by atoms with Gasteiger partial charge in [0.05, 0.1) is 6.04 Å². The Hall–Kier alpha value is -0.570. The average Bonchev–Trinajstić information content (AvgIpc) is 2.15. The molecule has 0 saturated heterocycles.